The summed E-state index contributed by atoms with van der Waals surface area (Å²) in [6.07, 6.45) is 2.22. The molecule has 1 heterocycles. The van der Waals surface area contributed by atoms with Crippen LogP contribution in [-0.4, -0.2) is 44.7 Å². The van der Waals surface area contributed by atoms with E-state index < -0.39 is 0 Å². The molecule has 0 bridgehead atoms. The fourth-order valence-electron chi connectivity index (χ4n) is 3.08. The molecule has 1 fully saturated rings. The van der Waals surface area contributed by atoms with Gasteiger partial charge in [-0.15, -0.1) is 0 Å². The van der Waals surface area contributed by atoms with Gasteiger partial charge in [0, 0.05) is 30.8 Å². The van der Waals surface area contributed by atoms with Crippen LogP contribution in [0.4, 0.5) is 4.39 Å². The molecular formula is C18H27FN2O3. The Kier molecular flexibility index (Phi) is 6.43. The fourth-order valence-corrected chi connectivity index (χ4v) is 3.08. The molecule has 0 radical (unpaired) electrons. The van der Waals surface area contributed by atoms with Crippen molar-refractivity contribution in [3.8, 4) is 11.5 Å². The van der Waals surface area contributed by atoms with E-state index in [9.17, 15) is 9.18 Å². The van der Waals surface area contributed by atoms with Gasteiger partial charge >= 0.3 is 0 Å². The summed E-state index contributed by atoms with van der Waals surface area (Å²) >= 11 is 0. The smallest absolute Gasteiger partial charge is 0.236 e. The molecule has 1 saturated heterocycles. The predicted molar refractivity (Wildman–Crippen MR) is 90.9 cm³/mol. The third kappa shape index (κ3) is 4.38. The minimum Gasteiger partial charge on any atom is -0.493 e. The summed E-state index contributed by atoms with van der Waals surface area (Å²) < 4.78 is 24.6. The average molecular weight is 338 g/mol. The molecule has 1 amide bonds. The highest BCUT2D eigenvalue weighted by molar-refractivity contribution is 5.78. The van der Waals surface area contributed by atoms with Gasteiger partial charge in [-0.2, -0.15) is 0 Å². The number of likely N-dealkylation sites (tertiary alicyclic amines) is 1. The van der Waals surface area contributed by atoms with E-state index in [4.69, 9.17) is 9.47 Å². The van der Waals surface area contributed by atoms with Crippen LogP contribution in [0.5, 0.6) is 11.5 Å². The molecule has 2 atom stereocenters. The number of nitrogens with zero attached hydrogens (tertiary/aromatic N) is 1. The van der Waals surface area contributed by atoms with Gasteiger partial charge in [0.2, 0.25) is 5.91 Å². The summed E-state index contributed by atoms with van der Waals surface area (Å²) in [5.74, 6) is 1.05. The lowest BCUT2D eigenvalue weighted by Gasteiger charge is -2.31. The van der Waals surface area contributed by atoms with Gasteiger partial charge < -0.3 is 19.7 Å². The topological polar surface area (TPSA) is 50.8 Å². The molecule has 1 aliphatic rings. The van der Waals surface area contributed by atoms with Crippen LogP contribution in [-0.2, 0) is 4.79 Å². The number of carbonyl (C=O) groups is 1. The highest BCUT2D eigenvalue weighted by atomic mass is 19.1. The van der Waals surface area contributed by atoms with E-state index in [1.807, 2.05) is 11.8 Å². The van der Waals surface area contributed by atoms with E-state index in [2.05, 4.69) is 12.2 Å². The molecule has 5 nitrogen and oxygen atoms in total. The molecule has 0 spiro atoms. The second-order valence-electron chi connectivity index (χ2n) is 6.42. The van der Waals surface area contributed by atoms with Crippen LogP contribution in [0.3, 0.4) is 0 Å². The molecule has 0 saturated carbocycles. The maximum atomic E-state index is 14.3. The molecule has 0 aromatic heterocycles. The van der Waals surface area contributed by atoms with E-state index in [0.717, 1.165) is 19.5 Å². The number of halogens is 1. The van der Waals surface area contributed by atoms with Crippen molar-refractivity contribution in [3.05, 3.63) is 23.5 Å². The summed E-state index contributed by atoms with van der Waals surface area (Å²) in [5, 5.41) is 3.11. The average Bonchev–Trinajstić information content (AvgIpc) is 2.58. The Morgan fingerprint density at radius 2 is 2.04 bits per heavy atom. The van der Waals surface area contributed by atoms with Gasteiger partial charge in [0.05, 0.1) is 20.8 Å². The monoisotopic (exact) mass is 338 g/mol. The maximum absolute atomic E-state index is 14.3. The molecule has 6 heteroatoms. The molecule has 1 aliphatic heterocycles. The van der Waals surface area contributed by atoms with E-state index in [1.165, 1.54) is 26.7 Å². The molecule has 2 rings (SSSR count). The largest absolute Gasteiger partial charge is 0.493 e. The number of amides is 1. The quantitative estimate of drug-likeness (QED) is 0.866. The van der Waals surface area contributed by atoms with Crippen molar-refractivity contribution < 1.29 is 18.7 Å². The summed E-state index contributed by atoms with van der Waals surface area (Å²) in [7, 11) is 2.98. The van der Waals surface area contributed by atoms with Crippen molar-refractivity contribution >= 4 is 5.91 Å². The van der Waals surface area contributed by atoms with E-state index in [0.29, 0.717) is 23.0 Å². The number of nitrogens with one attached hydrogen (secondary N) is 1. The van der Waals surface area contributed by atoms with Gasteiger partial charge in [-0.25, -0.2) is 4.39 Å². The molecule has 0 aliphatic carbocycles. The molecule has 1 N–H and O–H groups in total. The van der Waals surface area contributed by atoms with Gasteiger partial charge in [0.25, 0.3) is 0 Å². The number of ether oxygens (including phenoxy) is 2. The Morgan fingerprint density at radius 3 is 2.67 bits per heavy atom. The SMILES string of the molecule is COc1cc(F)c([C@H](C)NCC(=O)N2CCC[C@@H](C)C2)cc1OC. The number of carbonyl (C=O) groups excluding carboxylic acids is 1. The van der Waals surface area contributed by atoms with Gasteiger partial charge in [0.1, 0.15) is 5.82 Å². The fraction of sp³-hybridized carbons (Fsp3) is 0.611. The van der Waals surface area contributed by atoms with Crippen LogP contribution in [0.1, 0.15) is 38.3 Å². The minimum atomic E-state index is -0.383. The van der Waals surface area contributed by atoms with Crippen molar-refractivity contribution in [2.75, 3.05) is 33.9 Å². The van der Waals surface area contributed by atoms with Crippen molar-refractivity contribution in [2.24, 2.45) is 5.92 Å². The molecule has 134 valence electrons. The number of benzene rings is 1. The Hall–Kier alpha value is -1.82. The lowest BCUT2D eigenvalue weighted by Crippen LogP contribution is -2.43. The van der Waals surface area contributed by atoms with Crippen molar-refractivity contribution in [1.82, 2.24) is 10.2 Å². The molecule has 24 heavy (non-hydrogen) atoms. The minimum absolute atomic E-state index is 0.0642. The van der Waals surface area contributed by atoms with Crippen molar-refractivity contribution in [3.63, 3.8) is 0 Å². The highest BCUT2D eigenvalue weighted by Gasteiger charge is 2.22. The predicted octanol–water partition coefficient (Wildman–Crippen LogP) is 2.75. The third-order valence-corrected chi connectivity index (χ3v) is 4.54. The zero-order valence-electron chi connectivity index (χ0n) is 14.9. The first-order chi connectivity index (χ1) is 11.5. The van der Waals surface area contributed by atoms with Crippen LogP contribution in [0.15, 0.2) is 12.1 Å². The zero-order chi connectivity index (χ0) is 17.7. The second kappa shape index (κ2) is 8.33. The molecular weight excluding hydrogens is 311 g/mol. The Bertz CT molecular complexity index is 580. The van der Waals surface area contributed by atoms with Crippen LogP contribution in [0, 0.1) is 11.7 Å². The molecule has 0 unspecified atom stereocenters. The Labute approximate surface area is 143 Å². The van der Waals surface area contributed by atoms with Crippen molar-refractivity contribution in [1.29, 1.82) is 0 Å². The molecule has 1 aromatic carbocycles. The number of methoxy groups -OCH3 is 2. The third-order valence-electron chi connectivity index (χ3n) is 4.54. The Balaban J connectivity index is 1.99. The van der Waals surface area contributed by atoms with Crippen LogP contribution < -0.4 is 14.8 Å². The number of hydrogen-bond acceptors (Lipinski definition) is 4. The summed E-state index contributed by atoms with van der Waals surface area (Å²) in [6, 6.07) is 2.61. The van der Waals surface area contributed by atoms with E-state index >= 15 is 0 Å². The van der Waals surface area contributed by atoms with Gasteiger partial charge in [-0.1, -0.05) is 6.92 Å². The van der Waals surface area contributed by atoms with E-state index in [1.54, 1.807) is 6.07 Å². The first-order valence-electron chi connectivity index (χ1n) is 8.38. The summed E-state index contributed by atoms with van der Waals surface area (Å²) in [4.78, 5) is 14.2. The van der Waals surface area contributed by atoms with Gasteiger partial charge in [-0.05, 0) is 31.7 Å². The normalized spacial score (nSPS) is 19.0. The highest BCUT2D eigenvalue weighted by Crippen LogP contribution is 2.32. The number of piperidine rings is 1. The van der Waals surface area contributed by atoms with Gasteiger partial charge in [0.15, 0.2) is 11.5 Å². The van der Waals surface area contributed by atoms with Crippen LogP contribution in [0.25, 0.3) is 0 Å². The molecule has 1 aromatic rings. The Morgan fingerprint density at radius 1 is 1.38 bits per heavy atom. The zero-order valence-corrected chi connectivity index (χ0v) is 14.9. The number of hydrogen-bond donors (Lipinski definition) is 1. The first kappa shape index (κ1) is 18.5. The second-order valence-corrected chi connectivity index (χ2v) is 6.42. The van der Waals surface area contributed by atoms with E-state index in [-0.39, 0.29) is 24.3 Å². The summed E-state index contributed by atoms with van der Waals surface area (Å²) in [6.45, 7) is 5.80. The van der Waals surface area contributed by atoms with Gasteiger partial charge in [-0.3, -0.25) is 4.79 Å². The maximum Gasteiger partial charge on any atom is 0.236 e. The lowest BCUT2D eigenvalue weighted by molar-refractivity contribution is -0.132. The van der Waals surface area contributed by atoms with Crippen LogP contribution in [0.2, 0.25) is 0 Å². The van der Waals surface area contributed by atoms with Crippen LogP contribution >= 0.6 is 0 Å². The first-order valence-corrected chi connectivity index (χ1v) is 8.38. The van der Waals surface area contributed by atoms with Crippen molar-refractivity contribution in [2.45, 2.75) is 32.7 Å². The lowest BCUT2D eigenvalue weighted by atomic mass is 10.0. The standard InChI is InChI=1S/C18H27FN2O3/c1-12-6-5-7-21(11-12)18(22)10-20-13(2)14-8-16(23-3)17(24-4)9-15(14)19/h8-9,12-13,20H,5-7,10-11H2,1-4H3/t12-,13+/m1/s1. The number of rotatable bonds is 6. The summed E-state index contributed by atoms with van der Waals surface area (Å²) in [5.41, 5.74) is 0.451.